The zero-order valence-corrected chi connectivity index (χ0v) is 19.8. The number of amides is 1. The van der Waals surface area contributed by atoms with E-state index in [-0.39, 0.29) is 29.7 Å². The Morgan fingerprint density at radius 1 is 0.944 bits per heavy atom. The van der Waals surface area contributed by atoms with Gasteiger partial charge in [-0.2, -0.15) is 0 Å². The van der Waals surface area contributed by atoms with Gasteiger partial charge in [-0.3, -0.25) is 19.1 Å². The second-order valence-corrected chi connectivity index (χ2v) is 9.75. The number of pyridine rings is 1. The van der Waals surface area contributed by atoms with Crippen molar-refractivity contribution in [2.24, 2.45) is 16.1 Å². The SMILES string of the molecule is O=C(Cc1ccccc1)N=Nc1c(O)n(CN2C[C@@H]3C[C@H](C2)c2cccc(=O)n2C3)c2ccccc12. The Kier molecular flexibility index (Phi) is 5.73. The number of aromatic hydroxyl groups is 1. The number of azo groups is 1. The van der Waals surface area contributed by atoms with Crippen LogP contribution < -0.4 is 5.56 Å². The molecule has 1 saturated heterocycles. The Bertz CT molecular complexity index is 1520. The summed E-state index contributed by atoms with van der Waals surface area (Å²) in [6, 6.07) is 22.6. The van der Waals surface area contributed by atoms with E-state index < -0.39 is 0 Å². The van der Waals surface area contributed by atoms with Crippen molar-refractivity contribution in [3.05, 3.63) is 94.4 Å². The third-order valence-corrected chi connectivity index (χ3v) is 7.27. The number of piperidine rings is 1. The van der Waals surface area contributed by atoms with Gasteiger partial charge in [0.1, 0.15) is 0 Å². The predicted molar refractivity (Wildman–Crippen MR) is 136 cm³/mol. The van der Waals surface area contributed by atoms with E-state index in [0.29, 0.717) is 18.3 Å². The maximum absolute atomic E-state index is 12.4. The number of para-hydroxylation sites is 1. The molecule has 2 aromatic heterocycles. The summed E-state index contributed by atoms with van der Waals surface area (Å²) in [5, 5.41) is 20.0. The molecule has 36 heavy (non-hydrogen) atoms. The fourth-order valence-electron chi connectivity index (χ4n) is 5.74. The van der Waals surface area contributed by atoms with Gasteiger partial charge in [0.15, 0.2) is 5.69 Å². The molecule has 182 valence electrons. The molecule has 4 aromatic rings. The van der Waals surface area contributed by atoms with Gasteiger partial charge in [-0.05, 0) is 30.0 Å². The molecule has 6 rings (SSSR count). The molecule has 1 amide bonds. The fourth-order valence-corrected chi connectivity index (χ4v) is 5.74. The summed E-state index contributed by atoms with van der Waals surface area (Å²) in [4.78, 5) is 27.1. The van der Waals surface area contributed by atoms with Crippen LogP contribution in [-0.4, -0.2) is 38.1 Å². The number of benzene rings is 2. The van der Waals surface area contributed by atoms with Crippen molar-refractivity contribution in [3.63, 3.8) is 0 Å². The number of carbonyl (C=O) groups is 1. The number of likely N-dealkylation sites (tertiary alicyclic amines) is 1. The second-order valence-electron chi connectivity index (χ2n) is 9.75. The zero-order valence-electron chi connectivity index (χ0n) is 19.8. The summed E-state index contributed by atoms with van der Waals surface area (Å²) < 4.78 is 3.76. The molecule has 2 atom stereocenters. The molecule has 0 radical (unpaired) electrons. The average Bonchev–Trinajstić information content (AvgIpc) is 3.14. The summed E-state index contributed by atoms with van der Waals surface area (Å²) in [6.07, 6.45) is 1.23. The largest absolute Gasteiger partial charge is 0.493 e. The third-order valence-electron chi connectivity index (χ3n) is 7.27. The van der Waals surface area contributed by atoms with Gasteiger partial charge in [-0.15, -0.1) is 10.2 Å². The van der Waals surface area contributed by atoms with Crippen LogP contribution in [-0.2, 0) is 24.4 Å². The minimum atomic E-state index is -0.366. The molecule has 0 saturated carbocycles. The maximum atomic E-state index is 12.4. The molecule has 0 aliphatic carbocycles. The molecule has 2 aliphatic heterocycles. The van der Waals surface area contributed by atoms with Gasteiger partial charge in [0.25, 0.3) is 11.5 Å². The Hall–Kier alpha value is -4.04. The van der Waals surface area contributed by atoms with Gasteiger partial charge in [0.05, 0.1) is 18.6 Å². The summed E-state index contributed by atoms with van der Waals surface area (Å²) in [5.41, 5.74) is 3.18. The number of nitrogens with zero attached hydrogens (tertiary/aromatic N) is 5. The lowest BCUT2D eigenvalue weighted by molar-refractivity contribution is -0.117. The van der Waals surface area contributed by atoms with Gasteiger partial charge in [0.2, 0.25) is 5.88 Å². The molecule has 2 aliphatic rings. The number of aromatic nitrogens is 2. The van der Waals surface area contributed by atoms with Crippen LogP contribution in [0.15, 0.2) is 87.8 Å². The van der Waals surface area contributed by atoms with E-state index in [1.807, 2.05) is 69.8 Å². The molecule has 8 heteroatoms. The van der Waals surface area contributed by atoms with E-state index >= 15 is 0 Å². The van der Waals surface area contributed by atoms with E-state index in [4.69, 9.17) is 0 Å². The topological polar surface area (TPSA) is 92.2 Å². The number of hydrogen-bond donors (Lipinski definition) is 1. The van der Waals surface area contributed by atoms with Crippen LogP contribution in [0.4, 0.5) is 5.69 Å². The van der Waals surface area contributed by atoms with E-state index in [1.54, 1.807) is 6.07 Å². The monoisotopic (exact) mass is 481 g/mol. The summed E-state index contributed by atoms with van der Waals surface area (Å²) >= 11 is 0. The van der Waals surface area contributed by atoms with Crippen molar-refractivity contribution < 1.29 is 9.90 Å². The van der Waals surface area contributed by atoms with Gasteiger partial charge in [-0.25, -0.2) is 0 Å². The fraction of sp³-hybridized carbons (Fsp3) is 0.286. The van der Waals surface area contributed by atoms with Crippen LogP contribution in [0, 0.1) is 5.92 Å². The highest BCUT2D eigenvalue weighted by atomic mass is 16.3. The molecular formula is C28H27N5O3. The molecular weight excluding hydrogens is 454 g/mol. The number of hydrogen-bond acceptors (Lipinski definition) is 5. The first-order valence-corrected chi connectivity index (χ1v) is 12.3. The molecule has 1 fully saturated rings. The quantitative estimate of drug-likeness (QED) is 0.427. The molecule has 0 spiro atoms. The lowest BCUT2D eigenvalue weighted by atomic mass is 9.83. The standard InChI is InChI=1S/C28H27N5O3/c34-25(14-19-7-2-1-3-8-19)29-30-27-22-9-4-5-10-24(22)33(28(27)36)18-31-15-20-13-21(17-31)23-11-6-12-26(35)32(23)16-20/h1-12,20-21,36H,13-18H2/t20-,21+/m0/s1. The number of carbonyl (C=O) groups excluding carboxylic acids is 1. The number of rotatable bonds is 5. The summed E-state index contributed by atoms with van der Waals surface area (Å²) in [5.74, 6) is 0.301. The van der Waals surface area contributed by atoms with E-state index in [9.17, 15) is 14.7 Å². The first kappa shape index (κ1) is 22.4. The first-order valence-electron chi connectivity index (χ1n) is 12.3. The van der Waals surface area contributed by atoms with Gasteiger partial charge in [0, 0.05) is 42.7 Å². The van der Waals surface area contributed by atoms with Crippen LogP contribution in [0.25, 0.3) is 10.9 Å². The number of fused-ring (bicyclic) bond motifs is 5. The Morgan fingerprint density at radius 2 is 1.75 bits per heavy atom. The second kappa shape index (κ2) is 9.20. The minimum absolute atomic E-state index is 0.000173. The normalized spacial score (nSPS) is 19.6. The molecule has 4 heterocycles. The Morgan fingerprint density at radius 3 is 2.61 bits per heavy atom. The molecule has 2 bridgehead atoms. The lowest BCUT2D eigenvalue weighted by Gasteiger charge is -2.42. The summed E-state index contributed by atoms with van der Waals surface area (Å²) in [7, 11) is 0. The summed E-state index contributed by atoms with van der Waals surface area (Å²) in [6.45, 7) is 2.86. The van der Waals surface area contributed by atoms with Crippen LogP contribution in [0.5, 0.6) is 5.88 Å². The van der Waals surface area contributed by atoms with Crippen LogP contribution >= 0.6 is 0 Å². The van der Waals surface area contributed by atoms with Crippen molar-refractivity contribution in [1.29, 1.82) is 0 Å². The predicted octanol–water partition coefficient (Wildman–Crippen LogP) is 4.44. The van der Waals surface area contributed by atoms with Gasteiger partial charge < -0.3 is 9.67 Å². The molecule has 0 unspecified atom stereocenters. The molecule has 1 N–H and O–H groups in total. The highest BCUT2D eigenvalue weighted by molar-refractivity contribution is 5.95. The van der Waals surface area contributed by atoms with Crippen LogP contribution in [0.3, 0.4) is 0 Å². The highest BCUT2D eigenvalue weighted by Crippen LogP contribution is 2.40. The third kappa shape index (κ3) is 4.13. The first-order chi connectivity index (χ1) is 17.6. The van der Waals surface area contributed by atoms with Crippen LogP contribution in [0.2, 0.25) is 0 Å². The van der Waals surface area contributed by atoms with E-state index in [1.165, 1.54) is 0 Å². The van der Waals surface area contributed by atoms with Crippen molar-refractivity contribution >= 4 is 22.5 Å². The molecule has 2 aromatic carbocycles. The van der Waals surface area contributed by atoms with Crippen molar-refractivity contribution in [1.82, 2.24) is 14.0 Å². The molecule has 8 nitrogen and oxygen atoms in total. The van der Waals surface area contributed by atoms with Gasteiger partial charge in [-0.1, -0.05) is 54.6 Å². The van der Waals surface area contributed by atoms with Crippen LogP contribution in [0.1, 0.15) is 23.6 Å². The van der Waals surface area contributed by atoms with E-state index in [0.717, 1.165) is 48.2 Å². The zero-order chi connectivity index (χ0) is 24.6. The van der Waals surface area contributed by atoms with E-state index in [2.05, 4.69) is 21.2 Å². The Balaban J connectivity index is 1.26. The maximum Gasteiger partial charge on any atom is 0.269 e. The van der Waals surface area contributed by atoms with Crippen molar-refractivity contribution in [2.75, 3.05) is 13.1 Å². The minimum Gasteiger partial charge on any atom is -0.493 e. The average molecular weight is 482 g/mol. The van der Waals surface area contributed by atoms with Gasteiger partial charge >= 0.3 is 0 Å². The Labute approximate surface area is 208 Å². The smallest absolute Gasteiger partial charge is 0.269 e. The highest BCUT2D eigenvalue weighted by Gasteiger charge is 2.35. The lowest BCUT2D eigenvalue weighted by Crippen LogP contribution is -2.47. The van der Waals surface area contributed by atoms with Crippen molar-refractivity contribution in [2.45, 2.75) is 32.0 Å². The van der Waals surface area contributed by atoms with Crippen molar-refractivity contribution in [3.8, 4) is 5.88 Å².